The van der Waals surface area contributed by atoms with Crippen molar-refractivity contribution < 1.29 is 9.84 Å². The number of hydrogen-bond donors (Lipinski definition) is 1. The lowest BCUT2D eigenvalue weighted by molar-refractivity contribution is 0.305. The van der Waals surface area contributed by atoms with Crippen LogP contribution < -0.4 is 4.74 Å². The molecule has 0 atom stereocenters. The van der Waals surface area contributed by atoms with Gasteiger partial charge in [0, 0.05) is 26.0 Å². The van der Waals surface area contributed by atoms with Crippen LogP contribution in [0, 0.1) is 0 Å². The summed E-state index contributed by atoms with van der Waals surface area (Å²) in [7, 11) is 5.48. The molecule has 0 radical (unpaired) electrons. The Kier molecular flexibility index (Phi) is 4.52. The summed E-state index contributed by atoms with van der Waals surface area (Å²) in [5.41, 5.74) is 0.973. The lowest BCUT2D eigenvalue weighted by atomic mass is 10.2. The van der Waals surface area contributed by atoms with Crippen molar-refractivity contribution in [3.63, 3.8) is 0 Å². The zero-order chi connectivity index (χ0) is 14.7. The molecule has 2 rings (SSSR count). The van der Waals surface area contributed by atoms with E-state index in [0.29, 0.717) is 17.3 Å². The summed E-state index contributed by atoms with van der Waals surface area (Å²) < 4.78 is 7.09. The molecular formula is C14H18ClN3O2. The van der Waals surface area contributed by atoms with Gasteiger partial charge in [0.25, 0.3) is 0 Å². The summed E-state index contributed by atoms with van der Waals surface area (Å²) in [6.45, 7) is 1.41. The highest BCUT2D eigenvalue weighted by atomic mass is 35.5. The van der Waals surface area contributed by atoms with E-state index < -0.39 is 0 Å². The van der Waals surface area contributed by atoms with Gasteiger partial charge in [0.05, 0.1) is 18.7 Å². The third kappa shape index (κ3) is 3.23. The van der Waals surface area contributed by atoms with Gasteiger partial charge in [-0.15, -0.1) is 0 Å². The molecule has 0 aliphatic heterocycles. The Bertz CT molecular complexity index is 598. The fraction of sp³-hybridized carbons (Fsp3) is 0.357. The van der Waals surface area contributed by atoms with Crippen LogP contribution in [-0.4, -0.2) is 33.7 Å². The Morgan fingerprint density at radius 2 is 2.15 bits per heavy atom. The van der Waals surface area contributed by atoms with E-state index in [-0.39, 0.29) is 5.75 Å². The Balaban J connectivity index is 2.10. The highest BCUT2D eigenvalue weighted by Gasteiger charge is 2.11. The van der Waals surface area contributed by atoms with Gasteiger partial charge in [-0.3, -0.25) is 4.90 Å². The van der Waals surface area contributed by atoms with Crippen molar-refractivity contribution in [2.75, 3.05) is 14.2 Å². The Labute approximate surface area is 123 Å². The molecule has 0 amide bonds. The molecule has 0 aliphatic rings. The number of ether oxygens (including phenoxy) is 1. The number of aromatic nitrogens is 2. The van der Waals surface area contributed by atoms with E-state index in [2.05, 4.69) is 9.88 Å². The van der Waals surface area contributed by atoms with Gasteiger partial charge < -0.3 is 14.4 Å². The molecule has 0 saturated heterocycles. The van der Waals surface area contributed by atoms with Gasteiger partial charge in [0.1, 0.15) is 5.82 Å². The van der Waals surface area contributed by atoms with E-state index in [1.807, 2.05) is 24.9 Å². The lowest BCUT2D eigenvalue weighted by Gasteiger charge is -2.17. The predicted octanol–water partition coefficient (Wildman–Crippen LogP) is 2.42. The number of hydrogen-bond acceptors (Lipinski definition) is 4. The van der Waals surface area contributed by atoms with Crippen LogP contribution >= 0.6 is 11.6 Å². The van der Waals surface area contributed by atoms with Crippen LogP contribution in [-0.2, 0) is 20.1 Å². The summed E-state index contributed by atoms with van der Waals surface area (Å²) in [6, 6.07) is 3.53. The summed E-state index contributed by atoms with van der Waals surface area (Å²) in [5.74, 6) is 1.35. The Morgan fingerprint density at radius 3 is 2.75 bits per heavy atom. The molecule has 5 nitrogen and oxygen atoms in total. The number of phenolic OH excluding ortho intramolecular Hbond substituents is 1. The topological polar surface area (TPSA) is 50.5 Å². The van der Waals surface area contributed by atoms with Crippen LogP contribution in [0.25, 0.3) is 0 Å². The SMILES string of the molecule is COc1cc(CN(C)Cc2nccn2C)cc(Cl)c1O. The van der Waals surface area contributed by atoms with Gasteiger partial charge in [-0.25, -0.2) is 4.98 Å². The molecule has 1 aromatic heterocycles. The van der Waals surface area contributed by atoms with Gasteiger partial charge in [-0.05, 0) is 24.7 Å². The highest BCUT2D eigenvalue weighted by molar-refractivity contribution is 6.32. The number of aromatic hydroxyl groups is 1. The molecular weight excluding hydrogens is 278 g/mol. The van der Waals surface area contributed by atoms with Crippen LogP contribution in [0.5, 0.6) is 11.5 Å². The molecule has 0 unspecified atom stereocenters. The molecule has 1 N–H and O–H groups in total. The minimum absolute atomic E-state index is 0.0235. The van der Waals surface area contributed by atoms with Crippen molar-refractivity contribution in [2.24, 2.45) is 7.05 Å². The fourth-order valence-corrected chi connectivity index (χ4v) is 2.27. The standard InChI is InChI=1S/C14H18ClN3O2/c1-17(9-13-16-4-5-18(13)2)8-10-6-11(15)14(19)12(7-10)20-3/h4-7,19H,8-9H2,1-3H3. The van der Waals surface area contributed by atoms with Crippen LogP contribution in [0.2, 0.25) is 5.02 Å². The number of rotatable bonds is 5. The molecule has 0 fully saturated rings. The smallest absolute Gasteiger partial charge is 0.176 e. The van der Waals surface area contributed by atoms with Crippen molar-refractivity contribution in [1.29, 1.82) is 0 Å². The number of benzene rings is 1. The molecule has 20 heavy (non-hydrogen) atoms. The molecule has 1 aromatic carbocycles. The zero-order valence-corrected chi connectivity index (χ0v) is 12.6. The largest absolute Gasteiger partial charge is 0.503 e. The van der Waals surface area contributed by atoms with Crippen molar-refractivity contribution in [1.82, 2.24) is 14.5 Å². The first-order valence-corrected chi connectivity index (χ1v) is 6.59. The Hall–Kier alpha value is -1.72. The second-order valence-corrected chi connectivity index (χ2v) is 5.16. The molecule has 0 saturated carbocycles. The number of aryl methyl sites for hydroxylation is 1. The van der Waals surface area contributed by atoms with Gasteiger partial charge in [-0.1, -0.05) is 11.6 Å². The third-order valence-electron chi connectivity index (χ3n) is 3.09. The van der Waals surface area contributed by atoms with Gasteiger partial charge in [-0.2, -0.15) is 0 Å². The van der Waals surface area contributed by atoms with Crippen molar-refractivity contribution in [3.8, 4) is 11.5 Å². The summed E-state index contributed by atoms with van der Waals surface area (Å²) >= 11 is 5.98. The maximum absolute atomic E-state index is 9.72. The summed E-state index contributed by atoms with van der Waals surface area (Å²) in [6.07, 6.45) is 3.70. The Morgan fingerprint density at radius 1 is 1.40 bits per heavy atom. The van der Waals surface area contributed by atoms with E-state index >= 15 is 0 Å². The van der Waals surface area contributed by atoms with Gasteiger partial charge in [0.15, 0.2) is 11.5 Å². The first kappa shape index (κ1) is 14.7. The zero-order valence-electron chi connectivity index (χ0n) is 11.8. The monoisotopic (exact) mass is 295 g/mol. The normalized spacial score (nSPS) is 11.1. The van der Waals surface area contributed by atoms with E-state index in [1.165, 1.54) is 7.11 Å². The first-order chi connectivity index (χ1) is 9.51. The van der Waals surface area contributed by atoms with Gasteiger partial charge >= 0.3 is 0 Å². The fourth-order valence-electron chi connectivity index (χ4n) is 2.03. The number of methoxy groups -OCH3 is 1. The van der Waals surface area contributed by atoms with Crippen LogP contribution in [0.3, 0.4) is 0 Å². The molecule has 108 valence electrons. The maximum atomic E-state index is 9.72. The van der Waals surface area contributed by atoms with Crippen LogP contribution in [0.1, 0.15) is 11.4 Å². The summed E-state index contributed by atoms with van der Waals surface area (Å²) in [5, 5.41) is 10.0. The van der Waals surface area contributed by atoms with E-state index in [0.717, 1.165) is 17.9 Å². The van der Waals surface area contributed by atoms with E-state index in [9.17, 15) is 5.11 Å². The predicted molar refractivity (Wildman–Crippen MR) is 78.0 cm³/mol. The highest BCUT2D eigenvalue weighted by Crippen LogP contribution is 2.35. The van der Waals surface area contributed by atoms with E-state index in [4.69, 9.17) is 16.3 Å². The van der Waals surface area contributed by atoms with Crippen molar-refractivity contribution in [3.05, 3.63) is 40.9 Å². The lowest BCUT2D eigenvalue weighted by Crippen LogP contribution is -2.19. The second-order valence-electron chi connectivity index (χ2n) is 4.76. The van der Waals surface area contributed by atoms with Crippen LogP contribution in [0.4, 0.5) is 0 Å². The molecule has 0 bridgehead atoms. The average Bonchev–Trinajstić information content (AvgIpc) is 2.79. The van der Waals surface area contributed by atoms with Crippen molar-refractivity contribution >= 4 is 11.6 Å². The first-order valence-electron chi connectivity index (χ1n) is 6.21. The molecule has 6 heteroatoms. The minimum Gasteiger partial charge on any atom is -0.503 e. The van der Waals surface area contributed by atoms with Gasteiger partial charge in [0.2, 0.25) is 0 Å². The molecule has 0 spiro atoms. The third-order valence-corrected chi connectivity index (χ3v) is 3.38. The minimum atomic E-state index is -0.0235. The molecule has 2 aromatic rings. The molecule has 1 heterocycles. The van der Waals surface area contributed by atoms with E-state index in [1.54, 1.807) is 18.3 Å². The number of imidazole rings is 1. The summed E-state index contributed by atoms with van der Waals surface area (Å²) in [4.78, 5) is 6.41. The second kappa shape index (κ2) is 6.15. The number of halogens is 1. The number of nitrogens with zero attached hydrogens (tertiary/aromatic N) is 3. The van der Waals surface area contributed by atoms with Crippen molar-refractivity contribution in [2.45, 2.75) is 13.1 Å². The van der Waals surface area contributed by atoms with Crippen LogP contribution in [0.15, 0.2) is 24.5 Å². The molecule has 0 aliphatic carbocycles. The average molecular weight is 296 g/mol. The quantitative estimate of drug-likeness (QED) is 0.920. The maximum Gasteiger partial charge on any atom is 0.176 e. The number of phenols is 1.